The number of nitrogens with zero attached hydrogens (tertiary/aromatic N) is 1. The zero-order chi connectivity index (χ0) is 14.7. The van der Waals surface area contributed by atoms with E-state index in [2.05, 4.69) is 53.5 Å². The zero-order valence-corrected chi connectivity index (χ0v) is 13.1. The van der Waals surface area contributed by atoms with Gasteiger partial charge in [-0.2, -0.15) is 0 Å². The standard InChI is InChI=1S/C18H21ClN2/c1-2-17(14-7-5-8-16(19)12-14)21-11-10-20-13-15-6-3-4-9-18(15)21/h3-9,12,17,20H,2,10-11,13H2,1H3. The van der Waals surface area contributed by atoms with Crippen LogP contribution in [-0.4, -0.2) is 13.1 Å². The molecule has 0 saturated heterocycles. The van der Waals surface area contributed by atoms with Gasteiger partial charge in [-0.25, -0.2) is 0 Å². The summed E-state index contributed by atoms with van der Waals surface area (Å²) in [5.74, 6) is 0. The molecule has 2 nitrogen and oxygen atoms in total. The summed E-state index contributed by atoms with van der Waals surface area (Å²) in [5, 5.41) is 4.32. The van der Waals surface area contributed by atoms with E-state index in [0.717, 1.165) is 31.1 Å². The number of hydrogen-bond acceptors (Lipinski definition) is 2. The van der Waals surface area contributed by atoms with Crippen LogP contribution in [0.2, 0.25) is 5.02 Å². The lowest BCUT2D eigenvalue weighted by Crippen LogP contribution is -2.32. The minimum Gasteiger partial charge on any atom is -0.363 e. The molecular weight excluding hydrogens is 280 g/mol. The second-order valence-electron chi connectivity index (χ2n) is 5.48. The number of fused-ring (bicyclic) bond motifs is 1. The van der Waals surface area contributed by atoms with E-state index in [4.69, 9.17) is 11.6 Å². The molecule has 1 aliphatic rings. The molecule has 0 bridgehead atoms. The van der Waals surface area contributed by atoms with Crippen molar-refractivity contribution in [1.29, 1.82) is 0 Å². The molecule has 1 N–H and O–H groups in total. The van der Waals surface area contributed by atoms with Gasteiger partial charge in [-0.05, 0) is 35.7 Å². The minimum absolute atomic E-state index is 0.366. The Morgan fingerprint density at radius 3 is 2.86 bits per heavy atom. The van der Waals surface area contributed by atoms with E-state index in [1.165, 1.54) is 16.8 Å². The Hall–Kier alpha value is -1.51. The topological polar surface area (TPSA) is 15.3 Å². The fourth-order valence-electron chi connectivity index (χ4n) is 3.16. The zero-order valence-electron chi connectivity index (χ0n) is 12.3. The van der Waals surface area contributed by atoms with Gasteiger partial charge in [0.25, 0.3) is 0 Å². The van der Waals surface area contributed by atoms with Crippen molar-refractivity contribution >= 4 is 17.3 Å². The van der Waals surface area contributed by atoms with Crippen molar-refractivity contribution in [3.8, 4) is 0 Å². The number of para-hydroxylation sites is 1. The van der Waals surface area contributed by atoms with Gasteiger partial charge in [0.05, 0.1) is 6.04 Å². The number of nitrogens with one attached hydrogen (secondary N) is 1. The smallest absolute Gasteiger partial charge is 0.0541 e. The Morgan fingerprint density at radius 2 is 2.05 bits per heavy atom. The van der Waals surface area contributed by atoms with Gasteiger partial charge in [0.15, 0.2) is 0 Å². The lowest BCUT2D eigenvalue weighted by molar-refractivity contribution is 0.590. The highest BCUT2D eigenvalue weighted by Crippen LogP contribution is 2.33. The normalized spacial score (nSPS) is 16.2. The van der Waals surface area contributed by atoms with E-state index < -0.39 is 0 Å². The number of rotatable bonds is 3. The maximum Gasteiger partial charge on any atom is 0.0541 e. The molecule has 1 heterocycles. The first-order chi connectivity index (χ1) is 10.3. The van der Waals surface area contributed by atoms with Crippen LogP contribution in [0.1, 0.15) is 30.5 Å². The summed E-state index contributed by atoms with van der Waals surface area (Å²) in [7, 11) is 0. The molecule has 110 valence electrons. The van der Waals surface area contributed by atoms with Crippen molar-refractivity contribution in [1.82, 2.24) is 5.32 Å². The van der Waals surface area contributed by atoms with Crippen LogP contribution in [0, 0.1) is 0 Å². The molecule has 0 radical (unpaired) electrons. The van der Waals surface area contributed by atoms with Gasteiger partial charge in [-0.3, -0.25) is 0 Å². The van der Waals surface area contributed by atoms with Crippen LogP contribution < -0.4 is 10.2 Å². The summed E-state index contributed by atoms with van der Waals surface area (Å²) < 4.78 is 0. The van der Waals surface area contributed by atoms with Crippen LogP contribution in [-0.2, 0) is 6.54 Å². The van der Waals surface area contributed by atoms with Gasteiger partial charge in [0.1, 0.15) is 0 Å². The molecule has 0 spiro atoms. The molecule has 0 amide bonds. The van der Waals surface area contributed by atoms with Gasteiger partial charge in [-0.1, -0.05) is 48.9 Å². The first kappa shape index (κ1) is 14.4. The molecule has 0 aromatic heterocycles. The molecule has 3 heteroatoms. The molecule has 0 aliphatic carbocycles. The van der Waals surface area contributed by atoms with Crippen molar-refractivity contribution < 1.29 is 0 Å². The maximum absolute atomic E-state index is 6.19. The van der Waals surface area contributed by atoms with E-state index in [9.17, 15) is 0 Å². The van der Waals surface area contributed by atoms with Gasteiger partial charge in [0.2, 0.25) is 0 Å². The van der Waals surface area contributed by atoms with Crippen LogP contribution in [0.5, 0.6) is 0 Å². The van der Waals surface area contributed by atoms with Crippen LogP contribution in [0.15, 0.2) is 48.5 Å². The van der Waals surface area contributed by atoms with Crippen LogP contribution in [0.4, 0.5) is 5.69 Å². The SMILES string of the molecule is CCC(c1cccc(Cl)c1)N1CCNCc2ccccc21. The molecule has 21 heavy (non-hydrogen) atoms. The maximum atomic E-state index is 6.19. The Kier molecular flexibility index (Phi) is 4.47. The highest BCUT2D eigenvalue weighted by molar-refractivity contribution is 6.30. The predicted octanol–water partition coefficient (Wildman–Crippen LogP) is 4.40. The van der Waals surface area contributed by atoms with E-state index >= 15 is 0 Å². The summed E-state index contributed by atoms with van der Waals surface area (Å²) in [6.45, 7) is 5.21. The fourth-order valence-corrected chi connectivity index (χ4v) is 3.36. The highest BCUT2D eigenvalue weighted by Gasteiger charge is 2.22. The predicted molar refractivity (Wildman–Crippen MR) is 90.0 cm³/mol. The Balaban J connectivity index is 2.00. The van der Waals surface area contributed by atoms with Gasteiger partial charge >= 0.3 is 0 Å². The minimum atomic E-state index is 0.366. The van der Waals surface area contributed by atoms with Crippen LogP contribution >= 0.6 is 11.6 Å². The molecule has 1 unspecified atom stereocenters. The van der Waals surface area contributed by atoms with Crippen molar-refractivity contribution in [2.45, 2.75) is 25.9 Å². The molecule has 1 aliphatic heterocycles. The number of anilines is 1. The van der Waals surface area contributed by atoms with E-state index in [1.54, 1.807) is 0 Å². The molecular formula is C18H21ClN2. The first-order valence-corrected chi connectivity index (χ1v) is 7.98. The van der Waals surface area contributed by atoms with Gasteiger partial charge < -0.3 is 10.2 Å². The fraction of sp³-hybridized carbons (Fsp3) is 0.333. The quantitative estimate of drug-likeness (QED) is 0.904. The lowest BCUT2D eigenvalue weighted by atomic mass is 10.0. The molecule has 2 aromatic carbocycles. The molecule has 2 aromatic rings. The average molecular weight is 301 g/mol. The summed E-state index contributed by atoms with van der Waals surface area (Å²) in [4.78, 5) is 2.51. The second kappa shape index (κ2) is 6.50. The largest absolute Gasteiger partial charge is 0.363 e. The molecule has 3 rings (SSSR count). The number of benzene rings is 2. The summed E-state index contributed by atoms with van der Waals surface area (Å²) >= 11 is 6.19. The van der Waals surface area contributed by atoms with Crippen molar-refractivity contribution in [3.05, 3.63) is 64.7 Å². The first-order valence-electron chi connectivity index (χ1n) is 7.60. The van der Waals surface area contributed by atoms with Crippen molar-refractivity contribution in [2.75, 3.05) is 18.0 Å². The Bertz CT molecular complexity index is 612. The average Bonchev–Trinajstić information content (AvgIpc) is 2.71. The Morgan fingerprint density at radius 1 is 1.19 bits per heavy atom. The van der Waals surface area contributed by atoms with E-state index in [-0.39, 0.29) is 0 Å². The second-order valence-corrected chi connectivity index (χ2v) is 5.91. The summed E-state index contributed by atoms with van der Waals surface area (Å²) in [6.07, 6.45) is 1.06. The number of hydrogen-bond donors (Lipinski definition) is 1. The summed E-state index contributed by atoms with van der Waals surface area (Å²) in [5.41, 5.74) is 4.01. The number of halogens is 1. The van der Waals surface area contributed by atoms with Crippen molar-refractivity contribution in [2.24, 2.45) is 0 Å². The third kappa shape index (κ3) is 3.07. The van der Waals surface area contributed by atoms with Crippen LogP contribution in [0.25, 0.3) is 0 Å². The van der Waals surface area contributed by atoms with Crippen LogP contribution in [0.3, 0.4) is 0 Å². The molecule has 0 fully saturated rings. The summed E-state index contributed by atoms with van der Waals surface area (Å²) in [6, 6.07) is 17.3. The van der Waals surface area contributed by atoms with E-state index in [1.807, 2.05) is 12.1 Å². The molecule has 1 atom stereocenters. The Labute approximate surface area is 131 Å². The highest BCUT2D eigenvalue weighted by atomic mass is 35.5. The molecule has 0 saturated carbocycles. The lowest BCUT2D eigenvalue weighted by Gasteiger charge is -2.33. The monoisotopic (exact) mass is 300 g/mol. The third-order valence-electron chi connectivity index (χ3n) is 4.14. The van der Waals surface area contributed by atoms with Gasteiger partial charge in [-0.15, -0.1) is 0 Å². The van der Waals surface area contributed by atoms with Gasteiger partial charge in [0, 0.05) is 30.3 Å². The van der Waals surface area contributed by atoms with Crippen molar-refractivity contribution in [3.63, 3.8) is 0 Å². The van der Waals surface area contributed by atoms with E-state index in [0.29, 0.717) is 6.04 Å². The third-order valence-corrected chi connectivity index (χ3v) is 4.38.